The number of imide groups is 1. The number of anilines is 1. The Morgan fingerprint density at radius 2 is 1.94 bits per heavy atom. The molecule has 3 rings (SSSR count). The van der Waals surface area contributed by atoms with Crippen molar-refractivity contribution in [2.75, 3.05) is 18.6 Å². The molecular weight excluding hydrogens is 426 g/mol. The minimum atomic E-state index is -0.974. The second-order valence-corrected chi connectivity index (χ2v) is 7.22. The summed E-state index contributed by atoms with van der Waals surface area (Å²) in [6.45, 7) is 5.97. The third-order valence-corrected chi connectivity index (χ3v) is 4.79. The van der Waals surface area contributed by atoms with Gasteiger partial charge in [0.25, 0.3) is 11.8 Å². The van der Waals surface area contributed by atoms with Crippen molar-refractivity contribution in [1.82, 2.24) is 10.6 Å². The number of nitrogens with zero attached hydrogens (tertiary/aromatic N) is 2. The van der Waals surface area contributed by atoms with Gasteiger partial charge in [-0.1, -0.05) is 0 Å². The van der Waals surface area contributed by atoms with Crippen molar-refractivity contribution in [3.63, 3.8) is 0 Å². The van der Waals surface area contributed by atoms with Gasteiger partial charge in [0.15, 0.2) is 0 Å². The average Bonchev–Trinajstić information content (AvgIpc) is 2.77. The third-order valence-electron chi connectivity index (χ3n) is 4.79. The summed E-state index contributed by atoms with van der Waals surface area (Å²) in [7, 11) is 0. The first kappa shape index (κ1) is 23.3. The predicted octanol–water partition coefficient (Wildman–Crippen LogP) is 2.95. The minimum Gasteiger partial charge on any atom is -0.457 e. The number of nitrogens with one attached hydrogen (secondary N) is 3. The maximum absolute atomic E-state index is 11.9. The highest BCUT2D eigenvalue weighted by atomic mass is 16.5. The van der Waals surface area contributed by atoms with Crippen LogP contribution < -0.4 is 20.8 Å². The molecule has 0 aliphatic carbocycles. The van der Waals surface area contributed by atoms with Crippen LogP contribution in [-0.2, 0) is 16.0 Å². The molecule has 2 aromatic carbocycles. The van der Waals surface area contributed by atoms with Gasteiger partial charge < -0.3 is 14.8 Å². The number of carbonyl (C=O) groups is 3. The second-order valence-electron chi connectivity index (χ2n) is 7.22. The van der Waals surface area contributed by atoms with Crippen LogP contribution in [0.15, 0.2) is 35.4 Å². The molecule has 10 nitrogen and oxygen atoms in total. The number of carbonyl (C=O) groups excluding carboxylic acids is 3. The summed E-state index contributed by atoms with van der Waals surface area (Å²) in [5, 5.41) is 17.7. The molecular formula is C23H23N5O5. The molecule has 0 unspecified atom stereocenters. The molecule has 1 aliphatic heterocycles. The van der Waals surface area contributed by atoms with Crippen LogP contribution >= 0.6 is 0 Å². The fourth-order valence-electron chi connectivity index (χ4n) is 3.33. The summed E-state index contributed by atoms with van der Waals surface area (Å²) in [5.74, 6) is 0.206. The molecule has 1 aliphatic rings. The lowest BCUT2D eigenvalue weighted by Crippen LogP contribution is -2.36. The average molecular weight is 449 g/mol. The van der Waals surface area contributed by atoms with Gasteiger partial charge in [0, 0.05) is 12.1 Å². The van der Waals surface area contributed by atoms with Gasteiger partial charge in [-0.2, -0.15) is 10.4 Å². The molecule has 0 spiro atoms. The Labute approximate surface area is 190 Å². The van der Waals surface area contributed by atoms with Crippen LogP contribution in [0.1, 0.15) is 34.0 Å². The molecule has 170 valence electrons. The Hall–Kier alpha value is -4.39. The molecule has 3 N–H and O–H groups in total. The number of ether oxygens (including phenoxy) is 2. The van der Waals surface area contributed by atoms with Gasteiger partial charge in [0.05, 0.1) is 12.3 Å². The predicted molar refractivity (Wildman–Crippen MR) is 120 cm³/mol. The fourth-order valence-corrected chi connectivity index (χ4v) is 3.33. The highest BCUT2D eigenvalue weighted by Gasteiger charge is 2.18. The number of fused-ring (bicyclic) bond motifs is 1. The summed E-state index contributed by atoms with van der Waals surface area (Å²) in [6, 6.07) is 10.5. The molecule has 0 bridgehead atoms. The molecule has 33 heavy (non-hydrogen) atoms. The summed E-state index contributed by atoms with van der Waals surface area (Å²) in [5.41, 5.74) is 5.81. The molecule has 0 radical (unpaired) electrons. The Bertz CT molecular complexity index is 1160. The van der Waals surface area contributed by atoms with E-state index in [1.807, 2.05) is 25.2 Å². The molecule has 0 saturated carbocycles. The molecule has 3 amide bonds. The number of aryl methyl sites for hydroxylation is 2. The van der Waals surface area contributed by atoms with Crippen LogP contribution in [0.4, 0.5) is 10.5 Å². The van der Waals surface area contributed by atoms with Crippen molar-refractivity contribution in [2.45, 2.75) is 27.2 Å². The van der Waals surface area contributed by atoms with E-state index in [1.54, 1.807) is 37.3 Å². The maximum Gasteiger partial charge on any atom is 0.414 e. The van der Waals surface area contributed by atoms with Crippen LogP contribution in [0, 0.1) is 25.2 Å². The number of nitriles is 1. The van der Waals surface area contributed by atoms with Crippen molar-refractivity contribution >= 4 is 29.3 Å². The first-order chi connectivity index (χ1) is 15.8. The molecule has 0 atom stereocenters. The van der Waals surface area contributed by atoms with Gasteiger partial charge >= 0.3 is 6.09 Å². The molecule has 10 heteroatoms. The minimum absolute atomic E-state index is 0.0844. The molecule has 0 fully saturated rings. The van der Waals surface area contributed by atoms with Gasteiger partial charge in [-0.05, 0) is 74.2 Å². The maximum atomic E-state index is 11.9. The van der Waals surface area contributed by atoms with Gasteiger partial charge in [-0.15, -0.1) is 0 Å². The number of hydrogen-bond acceptors (Lipinski definition) is 8. The van der Waals surface area contributed by atoms with Gasteiger partial charge in [0.2, 0.25) is 5.71 Å². The van der Waals surface area contributed by atoms with Crippen molar-refractivity contribution in [1.29, 1.82) is 5.26 Å². The summed E-state index contributed by atoms with van der Waals surface area (Å²) in [4.78, 5) is 35.2. The van der Waals surface area contributed by atoms with E-state index in [0.717, 1.165) is 23.1 Å². The lowest BCUT2D eigenvalue weighted by molar-refractivity contribution is -0.114. The lowest BCUT2D eigenvalue weighted by Gasteiger charge is -2.18. The Morgan fingerprint density at radius 1 is 1.21 bits per heavy atom. The molecule has 2 aromatic rings. The van der Waals surface area contributed by atoms with Gasteiger partial charge in [-0.3, -0.25) is 20.3 Å². The van der Waals surface area contributed by atoms with E-state index in [9.17, 15) is 14.4 Å². The van der Waals surface area contributed by atoms with Crippen LogP contribution in [0.3, 0.4) is 0 Å². The highest BCUT2D eigenvalue weighted by Crippen LogP contribution is 2.32. The van der Waals surface area contributed by atoms with Crippen LogP contribution in [0.5, 0.6) is 11.5 Å². The monoisotopic (exact) mass is 449 g/mol. The van der Waals surface area contributed by atoms with E-state index in [2.05, 4.69) is 20.6 Å². The lowest BCUT2D eigenvalue weighted by atomic mass is 10.0. The van der Waals surface area contributed by atoms with Crippen molar-refractivity contribution in [3.05, 3.63) is 52.6 Å². The molecule has 0 saturated heterocycles. The Morgan fingerprint density at radius 3 is 2.61 bits per heavy atom. The normalized spacial score (nSPS) is 12.7. The fraction of sp³-hybridized carbons (Fsp3) is 0.261. The van der Waals surface area contributed by atoms with Gasteiger partial charge in [0.1, 0.15) is 17.6 Å². The van der Waals surface area contributed by atoms with Crippen molar-refractivity contribution < 1.29 is 23.9 Å². The summed E-state index contributed by atoms with van der Waals surface area (Å²) >= 11 is 0. The number of amides is 3. The number of rotatable bonds is 6. The van der Waals surface area contributed by atoms with Crippen molar-refractivity contribution in [2.24, 2.45) is 5.10 Å². The van der Waals surface area contributed by atoms with Crippen LogP contribution in [0.25, 0.3) is 0 Å². The topological polar surface area (TPSA) is 142 Å². The SMILES string of the molecule is CCOC(=O)NC(=O)C(C#N)=NNc1cc(C)c(Oc2ccc3c(c2)CCNC3=O)c(C)c1. The van der Waals surface area contributed by atoms with E-state index in [0.29, 0.717) is 29.3 Å². The van der Waals surface area contributed by atoms with E-state index in [1.165, 1.54) is 0 Å². The van der Waals surface area contributed by atoms with E-state index in [4.69, 9.17) is 10.00 Å². The number of alkyl carbamates (subject to hydrolysis) is 1. The number of hydrazone groups is 1. The summed E-state index contributed by atoms with van der Waals surface area (Å²) < 4.78 is 10.7. The zero-order valence-corrected chi connectivity index (χ0v) is 18.4. The van der Waals surface area contributed by atoms with Crippen LogP contribution in [-0.4, -0.2) is 36.8 Å². The van der Waals surface area contributed by atoms with E-state index >= 15 is 0 Å². The van der Waals surface area contributed by atoms with Gasteiger partial charge in [-0.25, -0.2) is 4.79 Å². The van der Waals surface area contributed by atoms with E-state index < -0.39 is 17.7 Å². The zero-order valence-electron chi connectivity index (χ0n) is 18.4. The Kier molecular flexibility index (Phi) is 7.25. The smallest absolute Gasteiger partial charge is 0.414 e. The van der Waals surface area contributed by atoms with Crippen molar-refractivity contribution in [3.8, 4) is 17.6 Å². The number of benzene rings is 2. The third kappa shape index (κ3) is 5.65. The Balaban J connectivity index is 1.74. The second kappa shape index (κ2) is 10.3. The standard InChI is InChI=1S/C23H23N5O5/c1-4-32-23(31)26-22(30)19(12-24)28-27-16-9-13(2)20(14(3)10-16)33-17-5-6-18-15(11-17)7-8-25-21(18)29/h5-6,9-11,27H,4,7-8H2,1-3H3,(H,25,29)(H,26,30,31). The first-order valence-corrected chi connectivity index (χ1v) is 10.2. The van der Waals surface area contributed by atoms with E-state index in [-0.39, 0.29) is 12.5 Å². The quantitative estimate of drug-likeness (QED) is 0.455. The molecule has 1 heterocycles. The molecule has 0 aromatic heterocycles. The van der Waals surface area contributed by atoms with Crippen LogP contribution in [0.2, 0.25) is 0 Å². The largest absolute Gasteiger partial charge is 0.457 e. The number of hydrogen-bond donors (Lipinski definition) is 3. The first-order valence-electron chi connectivity index (χ1n) is 10.2. The highest BCUT2D eigenvalue weighted by molar-refractivity contribution is 6.46. The summed E-state index contributed by atoms with van der Waals surface area (Å²) in [6.07, 6.45) is -0.219. The zero-order chi connectivity index (χ0) is 24.0.